The molecule has 1 heterocycles. The lowest BCUT2D eigenvalue weighted by Gasteiger charge is -2.16. The molecule has 9 heteroatoms. The lowest BCUT2D eigenvalue weighted by Crippen LogP contribution is -2.22. The number of amides is 1. The molecule has 0 radical (unpaired) electrons. The van der Waals surface area contributed by atoms with Gasteiger partial charge < -0.3 is 9.88 Å². The van der Waals surface area contributed by atoms with E-state index in [1.165, 1.54) is 12.1 Å². The number of carbonyl (C=O) groups is 1. The molecule has 4 aromatic rings. The SMILES string of the molecule is CCS(=O)(=O)c1ccc(CNC(=O)c2ccc3c(c2)c(C)c(Cc2ccc(C(F)(F)F)cc2)n3C(C)C)cc1. The maximum absolute atomic E-state index is 13.0. The van der Waals surface area contributed by atoms with Crippen LogP contribution in [0.3, 0.4) is 0 Å². The topological polar surface area (TPSA) is 68.2 Å². The number of aryl methyl sites for hydroxylation is 1. The van der Waals surface area contributed by atoms with Crippen LogP contribution in [0.15, 0.2) is 71.6 Å². The highest BCUT2D eigenvalue weighted by Crippen LogP contribution is 2.33. The molecule has 0 spiro atoms. The number of rotatable bonds is 8. The van der Waals surface area contributed by atoms with Gasteiger partial charge in [0.2, 0.25) is 0 Å². The number of nitrogens with one attached hydrogen (secondary N) is 1. The fraction of sp³-hybridized carbons (Fsp3) is 0.300. The third-order valence-corrected chi connectivity index (χ3v) is 8.68. The Kier molecular flexibility index (Phi) is 7.93. The average Bonchev–Trinajstić information content (AvgIpc) is 3.18. The summed E-state index contributed by atoms with van der Waals surface area (Å²) >= 11 is 0. The Bertz CT molecular complexity index is 1600. The van der Waals surface area contributed by atoms with E-state index < -0.39 is 21.6 Å². The second-order valence-corrected chi connectivity index (χ2v) is 12.1. The van der Waals surface area contributed by atoms with Gasteiger partial charge in [-0.3, -0.25) is 4.79 Å². The molecule has 0 aliphatic rings. The van der Waals surface area contributed by atoms with Crippen LogP contribution in [-0.2, 0) is 29.0 Å². The fourth-order valence-electron chi connectivity index (χ4n) is 4.75. The number of aromatic nitrogens is 1. The van der Waals surface area contributed by atoms with Crippen LogP contribution in [0, 0.1) is 6.92 Å². The summed E-state index contributed by atoms with van der Waals surface area (Å²) in [7, 11) is -3.28. The van der Waals surface area contributed by atoms with Crippen molar-refractivity contribution in [3.8, 4) is 0 Å². The Labute approximate surface area is 226 Å². The summed E-state index contributed by atoms with van der Waals surface area (Å²) in [5, 5.41) is 3.80. The fourth-order valence-corrected chi connectivity index (χ4v) is 5.63. The molecule has 206 valence electrons. The van der Waals surface area contributed by atoms with Crippen molar-refractivity contribution in [3.63, 3.8) is 0 Å². The molecule has 0 aliphatic carbocycles. The van der Waals surface area contributed by atoms with Gasteiger partial charge in [-0.05, 0) is 79.9 Å². The quantitative estimate of drug-likeness (QED) is 0.258. The van der Waals surface area contributed by atoms with Crippen molar-refractivity contribution in [2.75, 3.05) is 5.75 Å². The van der Waals surface area contributed by atoms with E-state index in [4.69, 9.17) is 0 Å². The number of halogens is 3. The van der Waals surface area contributed by atoms with Crippen LogP contribution in [0.2, 0.25) is 0 Å². The van der Waals surface area contributed by atoms with E-state index in [0.29, 0.717) is 12.0 Å². The van der Waals surface area contributed by atoms with E-state index in [0.717, 1.165) is 45.4 Å². The highest BCUT2D eigenvalue weighted by atomic mass is 32.2. The van der Waals surface area contributed by atoms with Crippen molar-refractivity contribution in [2.45, 2.75) is 57.8 Å². The third-order valence-electron chi connectivity index (χ3n) is 6.93. The number of carbonyl (C=O) groups excluding carboxylic acids is 1. The number of alkyl halides is 3. The van der Waals surface area contributed by atoms with Crippen LogP contribution in [0.25, 0.3) is 10.9 Å². The van der Waals surface area contributed by atoms with Gasteiger partial charge in [-0.2, -0.15) is 13.2 Å². The summed E-state index contributed by atoms with van der Waals surface area (Å²) < 4.78 is 65.1. The highest BCUT2D eigenvalue weighted by molar-refractivity contribution is 7.91. The van der Waals surface area contributed by atoms with Gasteiger partial charge >= 0.3 is 6.18 Å². The van der Waals surface area contributed by atoms with Gasteiger partial charge in [-0.1, -0.05) is 31.2 Å². The van der Waals surface area contributed by atoms with Crippen molar-refractivity contribution in [3.05, 3.63) is 100 Å². The van der Waals surface area contributed by atoms with Crippen molar-refractivity contribution in [2.24, 2.45) is 0 Å². The first-order chi connectivity index (χ1) is 18.3. The molecule has 0 saturated carbocycles. The summed E-state index contributed by atoms with van der Waals surface area (Å²) in [6, 6.07) is 17.3. The zero-order valence-electron chi connectivity index (χ0n) is 22.3. The minimum atomic E-state index is -4.38. The van der Waals surface area contributed by atoms with E-state index >= 15 is 0 Å². The van der Waals surface area contributed by atoms with Gasteiger partial charge in [0, 0.05) is 41.2 Å². The summed E-state index contributed by atoms with van der Waals surface area (Å²) in [5.74, 6) is -0.238. The van der Waals surface area contributed by atoms with E-state index in [2.05, 4.69) is 9.88 Å². The van der Waals surface area contributed by atoms with E-state index in [9.17, 15) is 26.4 Å². The number of hydrogen-bond acceptors (Lipinski definition) is 3. The molecule has 0 bridgehead atoms. The molecule has 1 amide bonds. The van der Waals surface area contributed by atoms with E-state index in [1.807, 2.05) is 32.9 Å². The first-order valence-electron chi connectivity index (χ1n) is 12.7. The molecule has 4 rings (SSSR count). The Hall–Kier alpha value is -3.59. The van der Waals surface area contributed by atoms with Crippen LogP contribution in [0.5, 0.6) is 0 Å². The summed E-state index contributed by atoms with van der Waals surface area (Å²) in [5.41, 5.74) is 4.27. The first kappa shape index (κ1) is 28.4. The smallest absolute Gasteiger partial charge is 0.348 e. The lowest BCUT2D eigenvalue weighted by molar-refractivity contribution is -0.137. The molecule has 3 aromatic carbocycles. The van der Waals surface area contributed by atoms with Crippen molar-refractivity contribution in [1.29, 1.82) is 0 Å². The number of hydrogen-bond donors (Lipinski definition) is 1. The van der Waals surface area contributed by atoms with Crippen molar-refractivity contribution >= 4 is 26.6 Å². The van der Waals surface area contributed by atoms with Crippen molar-refractivity contribution in [1.82, 2.24) is 9.88 Å². The number of nitrogens with zero attached hydrogens (tertiary/aromatic N) is 1. The minimum absolute atomic E-state index is 0.0234. The molecule has 39 heavy (non-hydrogen) atoms. The van der Waals surface area contributed by atoms with Crippen molar-refractivity contribution < 1.29 is 26.4 Å². The number of benzene rings is 3. The molecule has 1 aromatic heterocycles. The first-order valence-corrected chi connectivity index (χ1v) is 14.4. The van der Waals surface area contributed by atoms with Crippen LogP contribution < -0.4 is 5.32 Å². The number of fused-ring (bicyclic) bond motifs is 1. The zero-order chi connectivity index (χ0) is 28.5. The molecular formula is C30H31F3N2O3S. The van der Waals surface area contributed by atoms with Crippen LogP contribution in [0.4, 0.5) is 13.2 Å². The Balaban J connectivity index is 1.57. The molecular weight excluding hydrogens is 525 g/mol. The zero-order valence-corrected chi connectivity index (χ0v) is 23.1. The summed E-state index contributed by atoms with van der Waals surface area (Å²) in [4.78, 5) is 13.2. The second-order valence-electron chi connectivity index (χ2n) is 9.87. The molecule has 0 atom stereocenters. The Morgan fingerprint density at radius 3 is 2.13 bits per heavy atom. The molecule has 0 saturated heterocycles. The average molecular weight is 557 g/mol. The second kappa shape index (κ2) is 10.9. The summed E-state index contributed by atoms with van der Waals surface area (Å²) in [6.07, 6.45) is -3.92. The van der Waals surface area contributed by atoms with E-state index in [1.54, 1.807) is 37.3 Å². The van der Waals surface area contributed by atoms with Crippen LogP contribution >= 0.6 is 0 Å². The Morgan fingerprint density at radius 1 is 0.949 bits per heavy atom. The number of sulfone groups is 1. The van der Waals surface area contributed by atoms with Crippen LogP contribution in [0.1, 0.15) is 65.1 Å². The van der Waals surface area contributed by atoms with Gasteiger partial charge in [0.05, 0.1) is 16.2 Å². The summed E-state index contributed by atoms with van der Waals surface area (Å²) in [6.45, 7) is 7.90. The minimum Gasteiger partial charge on any atom is -0.348 e. The monoisotopic (exact) mass is 556 g/mol. The van der Waals surface area contributed by atoms with Gasteiger partial charge in [0.15, 0.2) is 9.84 Å². The lowest BCUT2D eigenvalue weighted by atomic mass is 10.0. The molecule has 0 aliphatic heterocycles. The molecule has 5 nitrogen and oxygen atoms in total. The van der Waals surface area contributed by atoms with E-state index in [-0.39, 0.29) is 29.1 Å². The Morgan fingerprint density at radius 2 is 1.56 bits per heavy atom. The van der Waals surface area contributed by atoms with Gasteiger partial charge in [0.1, 0.15) is 0 Å². The maximum Gasteiger partial charge on any atom is 0.416 e. The molecule has 0 unspecified atom stereocenters. The largest absolute Gasteiger partial charge is 0.416 e. The third kappa shape index (κ3) is 6.03. The molecule has 1 N–H and O–H groups in total. The predicted octanol–water partition coefficient (Wildman–Crippen LogP) is 6.86. The highest BCUT2D eigenvalue weighted by Gasteiger charge is 2.30. The van der Waals surface area contributed by atoms with Gasteiger partial charge in [-0.25, -0.2) is 8.42 Å². The standard InChI is InChI=1S/C30H31F3N2O3S/c1-5-39(37,38)25-13-8-22(9-14-25)18-34-29(36)23-10-15-27-26(17-23)20(4)28(35(27)19(2)3)16-21-6-11-24(12-7-21)30(31,32)33/h6-15,17,19H,5,16,18H2,1-4H3,(H,34,36). The van der Waals surface area contributed by atoms with Gasteiger partial charge in [0.25, 0.3) is 5.91 Å². The predicted molar refractivity (Wildman–Crippen MR) is 147 cm³/mol. The van der Waals surface area contributed by atoms with Gasteiger partial charge in [-0.15, -0.1) is 0 Å². The maximum atomic E-state index is 13.0. The molecule has 0 fully saturated rings. The normalized spacial score (nSPS) is 12.3. The van der Waals surface area contributed by atoms with Crippen LogP contribution in [-0.4, -0.2) is 24.6 Å².